The summed E-state index contributed by atoms with van der Waals surface area (Å²) in [7, 11) is 0. The Hall–Kier alpha value is -4.06. The van der Waals surface area contributed by atoms with Crippen LogP contribution in [0.3, 0.4) is 0 Å². The van der Waals surface area contributed by atoms with Gasteiger partial charge in [-0.15, -0.1) is 0 Å². The van der Waals surface area contributed by atoms with Crippen LogP contribution in [0.15, 0.2) is 90.5 Å². The van der Waals surface area contributed by atoms with E-state index in [1.807, 2.05) is 84.6 Å². The van der Waals surface area contributed by atoms with Crippen LogP contribution in [0.1, 0.15) is 50.7 Å². The molecule has 3 aromatic carbocycles. The number of piperazine rings is 1. The number of unbranched alkanes of at least 4 members (excludes halogenated alkanes) is 2. The topological polar surface area (TPSA) is 61.9 Å². The van der Waals surface area contributed by atoms with Crippen LogP contribution >= 0.6 is 0 Å². The molecule has 0 unspecified atom stereocenters. The number of para-hydroxylation sites is 1. The Morgan fingerprint density at radius 2 is 1.46 bits per heavy atom. The van der Waals surface area contributed by atoms with Crippen LogP contribution in [0.25, 0.3) is 5.76 Å². The van der Waals surface area contributed by atoms with Crippen molar-refractivity contribution < 1.29 is 14.3 Å². The minimum Gasteiger partial charge on any atom is -0.488 e. The summed E-state index contributed by atoms with van der Waals surface area (Å²) in [6.07, 6.45) is 3.54. The van der Waals surface area contributed by atoms with E-state index in [1.54, 1.807) is 0 Å². The molecule has 6 nitrogen and oxygen atoms in total. The van der Waals surface area contributed by atoms with Crippen LogP contribution in [-0.4, -0.2) is 42.9 Å². The van der Waals surface area contributed by atoms with Crippen molar-refractivity contribution in [1.29, 1.82) is 0 Å². The second-order valence-corrected chi connectivity index (χ2v) is 9.93. The summed E-state index contributed by atoms with van der Waals surface area (Å²) >= 11 is 0. The summed E-state index contributed by atoms with van der Waals surface area (Å²) in [5.74, 6) is 0.572. The normalized spacial score (nSPS) is 14.0. The molecular weight excluding hydrogens is 486 g/mol. The molecule has 1 fully saturated rings. The number of hydrogen-bond donors (Lipinski definition) is 1. The molecule has 1 heterocycles. The zero-order chi connectivity index (χ0) is 27.5. The van der Waals surface area contributed by atoms with Gasteiger partial charge in [-0.05, 0) is 55.3 Å². The lowest BCUT2D eigenvalue weighted by molar-refractivity contribution is -0.127. The van der Waals surface area contributed by atoms with Gasteiger partial charge in [0.1, 0.15) is 12.4 Å². The first-order valence-corrected chi connectivity index (χ1v) is 13.9. The second kappa shape index (κ2) is 14.2. The van der Waals surface area contributed by atoms with Gasteiger partial charge in [-0.1, -0.05) is 68.3 Å². The van der Waals surface area contributed by atoms with Crippen LogP contribution in [0.5, 0.6) is 0 Å². The number of carbonyl (C=O) groups excluding carboxylic acids is 2. The molecular formula is C33H39N3O3. The number of rotatable bonds is 11. The van der Waals surface area contributed by atoms with E-state index < -0.39 is 0 Å². The molecule has 6 heteroatoms. The van der Waals surface area contributed by atoms with E-state index in [4.69, 9.17) is 4.74 Å². The van der Waals surface area contributed by atoms with E-state index in [1.165, 1.54) is 5.69 Å². The van der Waals surface area contributed by atoms with Crippen LogP contribution in [-0.2, 0) is 20.9 Å². The minimum absolute atomic E-state index is 0.0147. The van der Waals surface area contributed by atoms with Gasteiger partial charge in [0, 0.05) is 49.5 Å². The molecule has 1 aliphatic heterocycles. The number of hydrogen-bond acceptors (Lipinski definition) is 4. The van der Waals surface area contributed by atoms with Crippen molar-refractivity contribution in [2.24, 2.45) is 0 Å². The van der Waals surface area contributed by atoms with Crippen molar-refractivity contribution in [3.63, 3.8) is 0 Å². The highest BCUT2D eigenvalue weighted by molar-refractivity contribution is 5.99. The van der Waals surface area contributed by atoms with E-state index in [-0.39, 0.29) is 11.8 Å². The van der Waals surface area contributed by atoms with Gasteiger partial charge in [-0.3, -0.25) is 9.59 Å². The maximum Gasteiger partial charge on any atom is 0.253 e. The predicted octanol–water partition coefficient (Wildman–Crippen LogP) is 6.50. The molecule has 3 aromatic rings. The summed E-state index contributed by atoms with van der Waals surface area (Å²) in [5.41, 5.74) is 4.34. The highest BCUT2D eigenvalue weighted by Crippen LogP contribution is 2.26. The molecule has 1 saturated heterocycles. The Morgan fingerprint density at radius 1 is 0.821 bits per heavy atom. The summed E-state index contributed by atoms with van der Waals surface area (Å²) in [4.78, 5) is 30.1. The van der Waals surface area contributed by atoms with Gasteiger partial charge >= 0.3 is 0 Å². The fourth-order valence-corrected chi connectivity index (χ4v) is 4.74. The lowest BCUT2D eigenvalue weighted by Gasteiger charge is -2.36. The maximum atomic E-state index is 13.6. The van der Waals surface area contributed by atoms with E-state index in [0.29, 0.717) is 37.4 Å². The third-order valence-corrected chi connectivity index (χ3v) is 7.01. The van der Waals surface area contributed by atoms with Gasteiger partial charge in [0.15, 0.2) is 0 Å². The Balaban J connectivity index is 1.48. The zero-order valence-electron chi connectivity index (χ0n) is 23.1. The van der Waals surface area contributed by atoms with Gasteiger partial charge in [-0.25, -0.2) is 0 Å². The van der Waals surface area contributed by atoms with E-state index in [9.17, 15) is 9.59 Å². The summed E-state index contributed by atoms with van der Waals surface area (Å²) in [5, 5.41) is 2.97. The standard InChI is InChI=1S/C33H39N3O3/c1-3-4-7-16-31(37)34-29-19-17-28(18-20-29)32(39-25-27-12-8-5-9-13-27)26(2)33(38)36-23-21-35(22-24-36)30-14-10-6-11-15-30/h5-6,8-15,17-20H,3-4,7,16,21-25H2,1-2H3,(H,34,37)/b32-26+. The Morgan fingerprint density at radius 3 is 2.10 bits per heavy atom. The maximum absolute atomic E-state index is 13.6. The summed E-state index contributed by atoms with van der Waals surface area (Å²) < 4.78 is 6.30. The van der Waals surface area contributed by atoms with Gasteiger partial charge in [-0.2, -0.15) is 0 Å². The molecule has 0 aromatic heterocycles. The number of amides is 2. The van der Waals surface area contributed by atoms with Crippen molar-refractivity contribution in [2.75, 3.05) is 36.4 Å². The Labute approximate surface area is 232 Å². The van der Waals surface area contributed by atoms with E-state index in [0.717, 1.165) is 49.2 Å². The Kier molecular flexibility index (Phi) is 10.2. The number of nitrogens with one attached hydrogen (secondary N) is 1. The second-order valence-electron chi connectivity index (χ2n) is 9.93. The zero-order valence-corrected chi connectivity index (χ0v) is 23.1. The van der Waals surface area contributed by atoms with Crippen LogP contribution in [0, 0.1) is 0 Å². The van der Waals surface area contributed by atoms with E-state index >= 15 is 0 Å². The highest BCUT2D eigenvalue weighted by atomic mass is 16.5. The number of anilines is 2. The predicted molar refractivity (Wildman–Crippen MR) is 158 cm³/mol. The van der Waals surface area contributed by atoms with E-state index in [2.05, 4.69) is 29.3 Å². The van der Waals surface area contributed by atoms with Crippen LogP contribution < -0.4 is 10.2 Å². The van der Waals surface area contributed by atoms with Crippen molar-refractivity contribution in [1.82, 2.24) is 4.90 Å². The van der Waals surface area contributed by atoms with Gasteiger partial charge in [0.25, 0.3) is 5.91 Å². The molecule has 0 spiro atoms. The monoisotopic (exact) mass is 525 g/mol. The molecule has 0 saturated carbocycles. The number of benzene rings is 3. The molecule has 0 aliphatic carbocycles. The molecule has 204 valence electrons. The fourth-order valence-electron chi connectivity index (χ4n) is 4.74. The fraction of sp³-hybridized carbons (Fsp3) is 0.333. The van der Waals surface area contributed by atoms with Crippen LogP contribution in [0.2, 0.25) is 0 Å². The first-order chi connectivity index (χ1) is 19.0. The van der Waals surface area contributed by atoms with Crippen molar-refractivity contribution in [3.05, 3.63) is 102 Å². The first kappa shape index (κ1) is 28.0. The summed E-state index contributed by atoms with van der Waals surface area (Å²) in [6.45, 7) is 7.21. The number of ether oxygens (including phenoxy) is 1. The summed E-state index contributed by atoms with van der Waals surface area (Å²) in [6, 6.07) is 27.8. The average Bonchev–Trinajstić information content (AvgIpc) is 2.99. The number of nitrogens with zero attached hydrogens (tertiary/aromatic N) is 2. The largest absolute Gasteiger partial charge is 0.488 e. The Bertz CT molecular complexity index is 1230. The molecule has 2 amide bonds. The lowest BCUT2D eigenvalue weighted by Crippen LogP contribution is -2.49. The van der Waals surface area contributed by atoms with Gasteiger partial charge in [0.2, 0.25) is 5.91 Å². The third-order valence-electron chi connectivity index (χ3n) is 7.01. The quantitative estimate of drug-likeness (QED) is 0.176. The molecule has 4 rings (SSSR count). The molecule has 0 radical (unpaired) electrons. The van der Waals surface area contributed by atoms with Gasteiger partial charge in [0.05, 0.1) is 5.57 Å². The molecule has 0 bridgehead atoms. The SMILES string of the molecule is CCCCCC(=O)Nc1ccc(/C(OCc2ccccc2)=C(/C)C(=O)N2CCN(c3ccccc3)CC2)cc1. The average molecular weight is 526 g/mol. The van der Waals surface area contributed by atoms with Crippen molar-refractivity contribution >= 4 is 28.9 Å². The minimum atomic E-state index is -0.0147. The number of carbonyl (C=O) groups is 2. The first-order valence-electron chi connectivity index (χ1n) is 13.9. The third kappa shape index (κ3) is 7.96. The van der Waals surface area contributed by atoms with Crippen molar-refractivity contribution in [2.45, 2.75) is 46.1 Å². The lowest BCUT2D eigenvalue weighted by atomic mass is 10.1. The van der Waals surface area contributed by atoms with Crippen molar-refractivity contribution in [3.8, 4) is 0 Å². The molecule has 39 heavy (non-hydrogen) atoms. The molecule has 1 aliphatic rings. The van der Waals surface area contributed by atoms with Crippen LogP contribution in [0.4, 0.5) is 11.4 Å². The smallest absolute Gasteiger partial charge is 0.253 e. The molecule has 0 atom stereocenters. The van der Waals surface area contributed by atoms with Gasteiger partial charge < -0.3 is 19.9 Å². The highest BCUT2D eigenvalue weighted by Gasteiger charge is 2.25. The molecule has 1 N–H and O–H groups in total.